The van der Waals surface area contributed by atoms with Gasteiger partial charge in [0.15, 0.2) is 0 Å². The lowest BCUT2D eigenvalue weighted by Gasteiger charge is -1.97. The number of carbonyl (C=O) groups is 1. The smallest absolute Gasteiger partial charge is 0.305 e. The Morgan fingerprint density at radius 1 is 1.21 bits per heavy atom. The predicted octanol–water partition coefficient (Wildman–Crippen LogP) is 2.73. The zero-order valence-electron chi connectivity index (χ0n) is 8.97. The van der Waals surface area contributed by atoms with Crippen molar-refractivity contribution in [1.29, 1.82) is 0 Å². The van der Waals surface area contributed by atoms with Gasteiger partial charge in [-0.25, -0.2) is 0 Å². The third-order valence-electron chi connectivity index (χ3n) is 1.84. The Morgan fingerprint density at radius 2 is 1.93 bits per heavy atom. The van der Waals surface area contributed by atoms with Crippen LogP contribution in [0.25, 0.3) is 0 Å². The van der Waals surface area contributed by atoms with Crippen molar-refractivity contribution in [3.05, 3.63) is 6.92 Å². The van der Waals surface area contributed by atoms with E-state index in [-0.39, 0.29) is 5.97 Å². The first-order valence-corrected chi connectivity index (χ1v) is 5.13. The minimum absolute atomic E-state index is 0.117. The maximum Gasteiger partial charge on any atom is 0.305 e. The highest BCUT2D eigenvalue weighted by molar-refractivity contribution is 5.68. The maximum atomic E-state index is 10.7. The molecule has 79 valence electrons. The Balaban J connectivity index is 3.15. The maximum absolute atomic E-state index is 10.7. The standard InChI is InChI=1S/C12H19O2/c1-3-4-5-6-7-8-9-10-11-12(13)14-2/h1,3-4,7-11H2,2H3. The van der Waals surface area contributed by atoms with Crippen LogP contribution in [0.2, 0.25) is 0 Å². The first kappa shape index (κ1) is 13.0. The normalized spacial score (nSPS) is 9.00. The first-order chi connectivity index (χ1) is 6.81. The molecule has 0 aliphatic heterocycles. The quantitative estimate of drug-likeness (QED) is 0.370. The van der Waals surface area contributed by atoms with E-state index >= 15 is 0 Å². The highest BCUT2D eigenvalue weighted by Crippen LogP contribution is 2.03. The van der Waals surface area contributed by atoms with Crippen LogP contribution in [0.1, 0.15) is 44.9 Å². The topological polar surface area (TPSA) is 26.3 Å². The fourth-order valence-corrected chi connectivity index (χ4v) is 1.03. The van der Waals surface area contributed by atoms with Crippen molar-refractivity contribution in [3.8, 4) is 11.8 Å². The molecule has 0 heterocycles. The molecule has 0 aromatic rings. The number of hydrogen-bond donors (Lipinski definition) is 0. The number of hydrogen-bond acceptors (Lipinski definition) is 2. The number of unbranched alkanes of at least 4 members (excludes halogenated alkanes) is 4. The van der Waals surface area contributed by atoms with Gasteiger partial charge in [-0.15, -0.1) is 11.8 Å². The summed E-state index contributed by atoms with van der Waals surface area (Å²) in [4.78, 5) is 10.7. The molecule has 0 unspecified atom stereocenters. The number of esters is 1. The Bertz CT molecular complexity index is 198. The van der Waals surface area contributed by atoms with Gasteiger partial charge in [0, 0.05) is 19.3 Å². The lowest BCUT2D eigenvalue weighted by molar-refractivity contribution is -0.140. The molecule has 0 amide bonds. The van der Waals surface area contributed by atoms with Crippen molar-refractivity contribution in [1.82, 2.24) is 0 Å². The van der Waals surface area contributed by atoms with Crippen LogP contribution in [0.4, 0.5) is 0 Å². The predicted molar refractivity (Wildman–Crippen MR) is 57.5 cm³/mol. The van der Waals surface area contributed by atoms with Gasteiger partial charge in [0.1, 0.15) is 0 Å². The molecule has 0 aromatic heterocycles. The van der Waals surface area contributed by atoms with Crippen LogP contribution in [0.5, 0.6) is 0 Å². The van der Waals surface area contributed by atoms with Gasteiger partial charge in [-0.05, 0) is 19.3 Å². The molecule has 0 saturated carbocycles. The van der Waals surface area contributed by atoms with Crippen molar-refractivity contribution >= 4 is 5.97 Å². The fraction of sp³-hybridized carbons (Fsp3) is 0.667. The van der Waals surface area contributed by atoms with Crippen molar-refractivity contribution in [3.63, 3.8) is 0 Å². The average Bonchev–Trinajstić information content (AvgIpc) is 2.21. The summed E-state index contributed by atoms with van der Waals surface area (Å²) in [7, 11) is 1.42. The average molecular weight is 195 g/mol. The molecule has 0 aromatic carbocycles. The van der Waals surface area contributed by atoms with E-state index in [1.807, 2.05) is 0 Å². The monoisotopic (exact) mass is 195 g/mol. The molecular weight excluding hydrogens is 176 g/mol. The molecule has 0 fully saturated rings. The van der Waals surface area contributed by atoms with Crippen molar-refractivity contribution in [2.45, 2.75) is 44.9 Å². The molecule has 0 rings (SSSR count). The van der Waals surface area contributed by atoms with Gasteiger partial charge >= 0.3 is 5.97 Å². The van der Waals surface area contributed by atoms with Gasteiger partial charge in [-0.3, -0.25) is 4.79 Å². The van der Waals surface area contributed by atoms with Gasteiger partial charge in [0.25, 0.3) is 0 Å². The van der Waals surface area contributed by atoms with E-state index in [0.29, 0.717) is 6.42 Å². The number of methoxy groups -OCH3 is 1. The lowest BCUT2D eigenvalue weighted by atomic mass is 10.1. The minimum Gasteiger partial charge on any atom is -0.469 e. The van der Waals surface area contributed by atoms with E-state index in [4.69, 9.17) is 0 Å². The summed E-state index contributed by atoms with van der Waals surface area (Å²) < 4.78 is 4.54. The van der Waals surface area contributed by atoms with Crippen molar-refractivity contribution in [2.75, 3.05) is 7.11 Å². The molecular formula is C12H19O2. The fourth-order valence-electron chi connectivity index (χ4n) is 1.03. The summed E-state index contributed by atoms with van der Waals surface area (Å²) >= 11 is 0. The van der Waals surface area contributed by atoms with Gasteiger partial charge in [-0.1, -0.05) is 13.3 Å². The van der Waals surface area contributed by atoms with Gasteiger partial charge < -0.3 is 4.74 Å². The van der Waals surface area contributed by atoms with Crippen LogP contribution in [0.3, 0.4) is 0 Å². The van der Waals surface area contributed by atoms with E-state index < -0.39 is 0 Å². The Kier molecular flexibility index (Phi) is 9.41. The highest BCUT2D eigenvalue weighted by atomic mass is 16.5. The summed E-state index contributed by atoms with van der Waals surface area (Å²) in [5.41, 5.74) is 0. The summed E-state index contributed by atoms with van der Waals surface area (Å²) in [5.74, 6) is 6.01. The third kappa shape index (κ3) is 9.12. The summed E-state index contributed by atoms with van der Waals surface area (Å²) in [6.07, 6.45) is 6.26. The van der Waals surface area contributed by atoms with Crippen LogP contribution in [0, 0.1) is 18.8 Å². The second-order valence-corrected chi connectivity index (χ2v) is 3.09. The summed E-state index contributed by atoms with van der Waals surface area (Å²) in [6.45, 7) is 3.71. The zero-order valence-corrected chi connectivity index (χ0v) is 8.97. The summed E-state index contributed by atoms with van der Waals surface area (Å²) in [5, 5.41) is 0. The molecule has 0 atom stereocenters. The zero-order chi connectivity index (χ0) is 10.6. The molecule has 14 heavy (non-hydrogen) atoms. The molecule has 0 aliphatic rings. The Labute approximate surface area is 87.0 Å². The number of ether oxygens (including phenoxy) is 1. The van der Waals surface area contributed by atoms with Crippen LogP contribution >= 0.6 is 0 Å². The lowest BCUT2D eigenvalue weighted by Crippen LogP contribution is -1.98. The molecule has 0 bridgehead atoms. The third-order valence-corrected chi connectivity index (χ3v) is 1.84. The van der Waals surface area contributed by atoms with Gasteiger partial charge in [-0.2, -0.15) is 0 Å². The molecule has 0 saturated heterocycles. The Hall–Kier alpha value is -0.970. The van der Waals surface area contributed by atoms with E-state index in [2.05, 4.69) is 23.5 Å². The minimum atomic E-state index is -0.117. The number of rotatable bonds is 6. The molecule has 0 spiro atoms. The van der Waals surface area contributed by atoms with E-state index in [1.165, 1.54) is 7.11 Å². The van der Waals surface area contributed by atoms with E-state index in [1.54, 1.807) is 0 Å². The number of carbonyl (C=O) groups excluding carboxylic acids is 1. The van der Waals surface area contributed by atoms with Gasteiger partial charge in [0.2, 0.25) is 0 Å². The largest absolute Gasteiger partial charge is 0.469 e. The van der Waals surface area contributed by atoms with Crippen LogP contribution in [-0.4, -0.2) is 13.1 Å². The SMILES string of the molecule is [CH2]CCC#CCCCCCC(=O)OC. The van der Waals surface area contributed by atoms with E-state index in [0.717, 1.165) is 38.5 Å². The molecule has 0 N–H and O–H groups in total. The van der Waals surface area contributed by atoms with Crippen LogP contribution < -0.4 is 0 Å². The second-order valence-electron chi connectivity index (χ2n) is 3.09. The summed E-state index contributed by atoms with van der Waals surface area (Å²) in [6, 6.07) is 0. The second kappa shape index (κ2) is 10.1. The highest BCUT2D eigenvalue weighted by Gasteiger charge is 1.97. The first-order valence-electron chi connectivity index (χ1n) is 5.13. The van der Waals surface area contributed by atoms with Crippen LogP contribution in [0.15, 0.2) is 0 Å². The molecule has 1 radical (unpaired) electrons. The molecule has 2 heteroatoms. The van der Waals surface area contributed by atoms with E-state index in [9.17, 15) is 4.79 Å². The Morgan fingerprint density at radius 3 is 2.57 bits per heavy atom. The van der Waals surface area contributed by atoms with Gasteiger partial charge in [0.05, 0.1) is 7.11 Å². The van der Waals surface area contributed by atoms with Crippen molar-refractivity contribution < 1.29 is 9.53 Å². The van der Waals surface area contributed by atoms with Crippen molar-refractivity contribution in [2.24, 2.45) is 0 Å². The molecule has 0 aliphatic carbocycles. The molecule has 2 nitrogen and oxygen atoms in total. The van der Waals surface area contributed by atoms with Crippen LogP contribution in [-0.2, 0) is 9.53 Å².